The molecule has 0 aromatic carbocycles. The molecule has 3 nitrogen and oxygen atoms in total. The highest BCUT2D eigenvalue weighted by molar-refractivity contribution is 4.89. The van der Waals surface area contributed by atoms with E-state index in [9.17, 15) is 0 Å². The molecule has 3 heteroatoms. The van der Waals surface area contributed by atoms with Crippen molar-refractivity contribution < 1.29 is 4.74 Å². The Labute approximate surface area is 126 Å². The topological polar surface area (TPSA) is 24.5 Å². The first kappa shape index (κ1) is 17.9. The van der Waals surface area contributed by atoms with E-state index in [4.69, 9.17) is 4.74 Å². The third-order valence-electron chi connectivity index (χ3n) is 4.59. The third kappa shape index (κ3) is 6.11. The lowest BCUT2D eigenvalue weighted by Gasteiger charge is -2.43. The second kappa shape index (κ2) is 7.77. The van der Waals surface area contributed by atoms with E-state index in [1.54, 1.807) is 0 Å². The van der Waals surface area contributed by atoms with Crippen LogP contribution in [0.3, 0.4) is 0 Å². The molecule has 0 saturated carbocycles. The van der Waals surface area contributed by atoms with Gasteiger partial charge >= 0.3 is 0 Å². The van der Waals surface area contributed by atoms with Gasteiger partial charge in [-0.3, -0.25) is 0 Å². The molecule has 0 amide bonds. The SMILES string of the molecule is CCCC(C)N(C)CC1(CNC(C)(C)C)CCOCC1. The van der Waals surface area contributed by atoms with Crippen molar-refractivity contribution in [3.63, 3.8) is 0 Å². The molecular weight excluding hydrogens is 248 g/mol. The van der Waals surface area contributed by atoms with Gasteiger partial charge in [0.05, 0.1) is 0 Å². The van der Waals surface area contributed by atoms with E-state index in [0.29, 0.717) is 11.5 Å². The zero-order valence-electron chi connectivity index (χ0n) is 14.6. The molecular formula is C17H36N2O. The fraction of sp³-hybridized carbons (Fsp3) is 1.00. The molecule has 1 fully saturated rings. The molecule has 1 rings (SSSR count). The van der Waals surface area contributed by atoms with Crippen LogP contribution in [-0.4, -0.2) is 49.8 Å². The van der Waals surface area contributed by atoms with Gasteiger partial charge in [-0.15, -0.1) is 0 Å². The summed E-state index contributed by atoms with van der Waals surface area (Å²) in [6, 6.07) is 0.675. The van der Waals surface area contributed by atoms with Crippen molar-refractivity contribution in [2.24, 2.45) is 5.41 Å². The Balaban J connectivity index is 2.63. The lowest BCUT2D eigenvalue weighted by molar-refractivity contribution is -0.00881. The van der Waals surface area contributed by atoms with E-state index in [-0.39, 0.29) is 5.54 Å². The molecule has 0 spiro atoms. The summed E-state index contributed by atoms with van der Waals surface area (Å²) in [4.78, 5) is 2.55. The Hall–Kier alpha value is -0.120. The molecule has 1 atom stereocenters. The van der Waals surface area contributed by atoms with Gasteiger partial charge < -0.3 is 15.0 Å². The third-order valence-corrected chi connectivity index (χ3v) is 4.59. The van der Waals surface area contributed by atoms with Crippen LogP contribution in [0.25, 0.3) is 0 Å². The Kier molecular flexibility index (Phi) is 6.96. The first-order chi connectivity index (χ1) is 9.28. The van der Waals surface area contributed by atoms with E-state index >= 15 is 0 Å². The molecule has 20 heavy (non-hydrogen) atoms. The molecule has 120 valence electrons. The summed E-state index contributed by atoms with van der Waals surface area (Å²) in [5.74, 6) is 0. The first-order valence-electron chi connectivity index (χ1n) is 8.31. The molecule has 0 radical (unpaired) electrons. The summed E-state index contributed by atoms with van der Waals surface area (Å²) in [6.45, 7) is 15.5. The number of hydrogen-bond acceptors (Lipinski definition) is 3. The molecule has 1 aliphatic rings. The quantitative estimate of drug-likeness (QED) is 0.776. The molecule has 0 aromatic heterocycles. The van der Waals surface area contributed by atoms with Crippen molar-refractivity contribution in [1.82, 2.24) is 10.2 Å². The van der Waals surface area contributed by atoms with Crippen LogP contribution in [0.4, 0.5) is 0 Å². The normalized spacial score (nSPS) is 21.1. The number of nitrogens with zero attached hydrogens (tertiary/aromatic N) is 1. The van der Waals surface area contributed by atoms with Crippen molar-refractivity contribution in [2.45, 2.75) is 71.9 Å². The van der Waals surface area contributed by atoms with Gasteiger partial charge in [0.1, 0.15) is 0 Å². The summed E-state index contributed by atoms with van der Waals surface area (Å²) in [5.41, 5.74) is 0.571. The molecule has 1 heterocycles. The first-order valence-corrected chi connectivity index (χ1v) is 8.31. The van der Waals surface area contributed by atoms with Crippen LogP contribution >= 0.6 is 0 Å². The molecule has 1 N–H and O–H groups in total. The van der Waals surface area contributed by atoms with Gasteiger partial charge in [0.25, 0.3) is 0 Å². The van der Waals surface area contributed by atoms with Gasteiger partial charge in [-0.25, -0.2) is 0 Å². The largest absolute Gasteiger partial charge is 0.381 e. The maximum atomic E-state index is 5.60. The van der Waals surface area contributed by atoms with Gasteiger partial charge in [0, 0.05) is 37.9 Å². The Bertz CT molecular complexity index is 267. The van der Waals surface area contributed by atoms with E-state index in [1.807, 2.05) is 0 Å². The minimum Gasteiger partial charge on any atom is -0.381 e. The second-order valence-corrected chi connectivity index (χ2v) is 7.77. The molecule has 0 aromatic rings. The van der Waals surface area contributed by atoms with Crippen molar-refractivity contribution >= 4 is 0 Å². The minimum absolute atomic E-state index is 0.193. The highest BCUT2D eigenvalue weighted by Crippen LogP contribution is 2.32. The van der Waals surface area contributed by atoms with Crippen LogP contribution in [0.15, 0.2) is 0 Å². The monoisotopic (exact) mass is 284 g/mol. The lowest BCUT2D eigenvalue weighted by atomic mass is 9.78. The van der Waals surface area contributed by atoms with Crippen LogP contribution in [0.5, 0.6) is 0 Å². The predicted molar refractivity (Wildman–Crippen MR) is 87.2 cm³/mol. The number of ether oxygens (including phenoxy) is 1. The van der Waals surface area contributed by atoms with E-state index in [2.05, 4.69) is 51.9 Å². The summed E-state index contributed by atoms with van der Waals surface area (Å²) in [7, 11) is 2.29. The van der Waals surface area contributed by atoms with Crippen molar-refractivity contribution in [1.29, 1.82) is 0 Å². The molecule has 1 saturated heterocycles. The van der Waals surface area contributed by atoms with Crippen LogP contribution in [0.2, 0.25) is 0 Å². The fourth-order valence-electron chi connectivity index (χ4n) is 2.97. The lowest BCUT2D eigenvalue weighted by Crippen LogP contribution is -2.51. The van der Waals surface area contributed by atoms with E-state index in [0.717, 1.165) is 19.8 Å². The Morgan fingerprint density at radius 1 is 1.25 bits per heavy atom. The molecule has 0 bridgehead atoms. The van der Waals surface area contributed by atoms with Crippen LogP contribution < -0.4 is 5.32 Å². The van der Waals surface area contributed by atoms with Crippen LogP contribution in [0, 0.1) is 5.41 Å². The van der Waals surface area contributed by atoms with Crippen LogP contribution in [-0.2, 0) is 4.74 Å². The van der Waals surface area contributed by atoms with Gasteiger partial charge in [0.15, 0.2) is 0 Å². The van der Waals surface area contributed by atoms with Gasteiger partial charge in [-0.2, -0.15) is 0 Å². The van der Waals surface area contributed by atoms with E-state index in [1.165, 1.54) is 32.2 Å². The van der Waals surface area contributed by atoms with Crippen molar-refractivity contribution in [2.75, 3.05) is 33.4 Å². The number of rotatable bonds is 7. The number of nitrogens with one attached hydrogen (secondary N) is 1. The smallest absolute Gasteiger partial charge is 0.0472 e. The highest BCUT2D eigenvalue weighted by Gasteiger charge is 2.35. The van der Waals surface area contributed by atoms with Crippen LogP contribution in [0.1, 0.15) is 60.3 Å². The van der Waals surface area contributed by atoms with Gasteiger partial charge in [-0.1, -0.05) is 13.3 Å². The molecule has 0 aliphatic carbocycles. The van der Waals surface area contributed by atoms with E-state index < -0.39 is 0 Å². The fourth-order valence-corrected chi connectivity index (χ4v) is 2.97. The minimum atomic E-state index is 0.193. The Morgan fingerprint density at radius 3 is 2.35 bits per heavy atom. The standard InChI is InChI=1S/C17H36N2O/c1-7-8-15(2)19(6)14-17(9-11-20-12-10-17)13-18-16(3,4)5/h15,18H,7-14H2,1-6H3. The summed E-state index contributed by atoms with van der Waals surface area (Å²) in [6.07, 6.45) is 4.91. The highest BCUT2D eigenvalue weighted by atomic mass is 16.5. The predicted octanol–water partition coefficient (Wildman–Crippen LogP) is 3.29. The maximum absolute atomic E-state index is 5.60. The van der Waals surface area contributed by atoms with Crippen molar-refractivity contribution in [3.8, 4) is 0 Å². The van der Waals surface area contributed by atoms with Gasteiger partial charge in [-0.05, 0) is 59.4 Å². The molecule has 1 unspecified atom stereocenters. The summed E-state index contributed by atoms with van der Waals surface area (Å²) < 4.78 is 5.60. The van der Waals surface area contributed by atoms with Crippen molar-refractivity contribution in [3.05, 3.63) is 0 Å². The summed E-state index contributed by atoms with van der Waals surface area (Å²) in [5, 5.41) is 3.73. The van der Waals surface area contributed by atoms with Gasteiger partial charge in [0.2, 0.25) is 0 Å². The zero-order valence-corrected chi connectivity index (χ0v) is 14.6. The second-order valence-electron chi connectivity index (χ2n) is 7.77. The average molecular weight is 284 g/mol. The average Bonchev–Trinajstić information content (AvgIpc) is 2.37. The zero-order chi connectivity index (χ0) is 15.2. The summed E-state index contributed by atoms with van der Waals surface area (Å²) >= 11 is 0. The maximum Gasteiger partial charge on any atom is 0.0472 e. The number of hydrogen-bond donors (Lipinski definition) is 1. The molecule has 1 aliphatic heterocycles. The Morgan fingerprint density at radius 2 is 1.85 bits per heavy atom.